The normalized spacial score (nSPS) is 12.8. The first-order valence-electron chi connectivity index (χ1n) is 9.99. The van der Waals surface area contributed by atoms with Crippen LogP contribution in [0.3, 0.4) is 0 Å². The zero-order valence-electron chi connectivity index (χ0n) is 16.8. The van der Waals surface area contributed by atoms with Gasteiger partial charge in [0.1, 0.15) is 5.56 Å². The highest BCUT2D eigenvalue weighted by Gasteiger charge is 2.19. The van der Waals surface area contributed by atoms with Crippen LogP contribution < -0.4 is 16.2 Å². The highest BCUT2D eigenvalue weighted by molar-refractivity contribution is 6.06. The number of benzene rings is 2. The Balaban J connectivity index is 1.56. The van der Waals surface area contributed by atoms with Gasteiger partial charge in [0.2, 0.25) is 0 Å². The first-order valence-corrected chi connectivity index (χ1v) is 9.99. The molecule has 0 bridgehead atoms. The first-order chi connectivity index (χ1) is 14.5. The molecule has 0 saturated carbocycles. The van der Waals surface area contributed by atoms with E-state index in [1.165, 1.54) is 0 Å². The molecule has 0 spiro atoms. The van der Waals surface area contributed by atoms with Crippen LogP contribution >= 0.6 is 0 Å². The summed E-state index contributed by atoms with van der Waals surface area (Å²) in [6, 6.07) is 17.0. The van der Waals surface area contributed by atoms with E-state index in [0.717, 1.165) is 17.5 Å². The van der Waals surface area contributed by atoms with Gasteiger partial charge in [0.25, 0.3) is 17.4 Å². The molecule has 2 amide bonds. The van der Waals surface area contributed by atoms with Gasteiger partial charge in [0.15, 0.2) is 0 Å². The zero-order chi connectivity index (χ0) is 21.1. The molecule has 30 heavy (non-hydrogen) atoms. The molecule has 2 N–H and O–H groups in total. The molecule has 1 aliphatic rings. The molecular weight excluding hydrogens is 378 g/mol. The van der Waals surface area contributed by atoms with Crippen LogP contribution in [0.1, 0.15) is 37.4 Å². The minimum absolute atomic E-state index is 0.118. The average Bonchev–Trinajstić information content (AvgIpc) is 2.74. The van der Waals surface area contributed by atoms with Crippen LogP contribution in [0.2, 0.25) is 0 Å². The number of aromatic nitrogens is 1. The predicted molar refractivity (Wildman–Crippen MR) is 116 cm³/mol. The lowest BCUT2D eigenvalue weighted by Crippen LogP contribution is -2.32. The lowest BCUT2D eigenvalue weighted by molar-refractivity contribution is 0.0944. The maximum absolute atomic E-state index is 13.0. The molecule has 3 aromatic rings. The van der Waals surface area contributed by atoms with Crippen LogP contribution in [0.25, 0.3) is 0 Å². The number of pyridine rings is 1. The van der Waals surface area contributed by atoms with Crippen molar-refractivity contribution in [2.75, 3.05) is 11.9 Å². The van der Waals surface area contributed by atoms with E-state index in [2.05, 4.69) is 10.6 Å². The molecule has 0 unspecified atom stereocenters. The van der Waals surface area contributed by atoms with Crippen molar-refractivity contribution in [2.45, 2.75) is 26.3 Å². The quantitative estimate of drug-likeness (QED) is 0.690. The Hall–Kier alpha value is -3.67. The van der Waals surface area contributed by atoms with Crippen molar-refractivity contribution in [1.82, 2.24) is 9.88 Å². The molecule has 0 aliphatic carbocycles. The Morgan fingerprint density at radius 2 is 1.90 bits per heavy atom. The Morgan fingerprint density at radius 1 is 1.10 bits per heavy atom. The minimum atomic E-state index is -0.470. The number of nitrogens with one attached hydrogen (secondary N) is 2. The second-order valence-corrected chi connectivity index (χ2v) is 7.44. The number of anilines is 1. The van der Waals surface area contributed by atoms with Gasteiger partial charge in [0.05, 0.1) is 0 Å². The summed E-state index contributed by atoms with van der Waals surface area (Å²) in [5.41, 5.74) is 3.55. The number of rotatable bonds is 5. The molecule has 4 rings (SSSR count). The summed E-state index contributed by atoms with van der Waals surface area (Å²) >= 11 is 0. The van der Waals surface area contributed by atoms with Gasteiger partial charge in [-0.1, -0.05) is 36.4 Å². The Labute approximate surface area is 174 Å². The number of nitrogens with zero attached hydrogens (tertiary/aromatic N) is 1. The number of carbonyl (C=O) groups excluding carboxylic acids is 2. The van der Waals surface area contributed by atoms with Crippen LogP contribution in [0.5, 0.6) is 0 Å². The fourth-order valence-corrected chi connectivity index (χ4v) is 3.69. The van der Waals surface area contributed by atoms with Gasteiger partial charge in [-0.25, -0.2) is 0 Å². The van der Waals surface area contributed by atoms with Crippen LogP contribution in [-0.4, -0.2) is 22.9 Å². The lowest BCUT2D eigenvalue weighted by Gasteiger charge is -2.17. The summed E-state index contributed by atoms with van der Waals surface area (Å²) in [5, 5.41) is 5.58. The molecular formula is C24H23N3O3. The van der Waals surface area contributed by atoms with Crippen molar-refractivity contribution < 1.29 is 9.59 Å². The number of aryl methyl sites for hydroxylation is 3. The van der Waals surface area contributed by atoms with Crippen molar-refractivity contribution in [3.63, 3.8) is 0 Å². The van der Waals surface area contributed by atoms with E-state index >= 15 is 0 Å². The second kappa shape index (κ2) is 8.37. The maximum Gasteiger partial charge on any atom is 0.263 e. The van der Waals surface area contributed by atoms with E-state index in [1.807, 2.05) is 36.4 Å². The van der Waals surface area contributed by atoms with Gasteiger partial charge in [-0.3, -0.25) is 14.4 Å². The number of fused-ring (bicyclic) bond motifs is 1. The van der Waals surface area contributed by atoms with E-state index in [1.54, 1.807) is 35.9 Å². The molecule has 0 saturated heterocycles. The van der Waals surface area contributed by atoms with E-state index < -0.39 is 5.91 Å². The first kappa shape index (κ1) is 19.6. The molecule has 6 nitrogen and oxygen atoms in total. The molecule has 0 fully saturated rings. The van der Waals surface area contributed by atoms with Crippen LogP contribution in [-0.2, 0) is 19.4 Å². The van der Waals surface area contributed by atoms with Gasteiger partial charge in [-0.2, -0.15) is 0 Å². The van der Waals surface area contributed by atoms with Gasteiger partial charge in [-0.15, -0.1) is 0 Å². The molecule has 152 valence electrons. The molecule has 1 aromatic heterocycles. The van der Waals surface area contributed by atoms with Crippen molar-refractivity contribution in [3.05, 3.63) is 99.0 Å². The van der Waals surface area contributed by atoms with Gasteiger partial charge in [0, 0.05) is 30.5 Å². The number of hydrogen-bond donors (Lipinski definition) is 2. The minimum Gasteiger partial charge on any atom is -0.352 e. The second-order valence-electron chi connectivity index (χ2n) is 7.44. The molecule has 1 aliphatic heterocycles. The Morgan fingerprint density at radius 3 is 2.70 bits per heavy atom. The van der Waals surface area contributed by atoms with E-state index in [0.29, 0.717) is 36.3 Å². The lowest BCUT2D eigenvalue weighted by atomic mass is 9.99. The summed E-state index contributed by atoms with van der Waals surface area (Å²) in [4.78, 5) is 37.9. The largest absolute Gasteiger partial charge is 0.352 e. The highest BCUT2D eigenvalue weighted by atomic mass is 16.2. The molecule has 0 radical (unpaired) electrons. The third-order valence-electron chi connectivity index (χ3n) is 5.38. The van der Waals surface area contributed by atoms with E-state index in [9.17, 15) is 14.4 Å². The smallest absolute Gasteiger partial charge is 0.263 e. The van der Waals surface area contributed by atoms with Crippen molar-refractivity contribution >= 4 is 17.5 Å². The Bertz CT molecular complexity index is 1170. The third-order valence-corrected chi connectivity index (χ3v) is 5.38. The van der Waals surface area contributed by atoms with Crippen LogP contribution in [0, 0.1) is 6.92 Å². The molecule has 2 heterocycles. The number of carbonyl (C=O) groups is 2. The van der Waals surface area contributed by atoms with Crippen LogP contribution in [0.4, 0.5) is 5.69 Å². The standard InChI is InChI=1S/C24H23N3O3/c1-16-10-13-27(14-11-17-5-3-2-4-6-17)24(30)21(16)23(29)26-19-8-7-18-9-12-25-22(28)20(18)15-19/h2-8,10,13,15H,9,11-12,14H2,1H3,(H,25,28)(H,26,29). The molecule has 0 atom stereocenters. The average molecular weight is 401 g/mol. The van der Waals surface area contributed by atoms with Gasteiger partial charge >= 0.3 is 0 Å². The third kappa shape index (κ3) is 4.03. The summed E-state index contributed by atoms with van der Waals surface area (Å²) in [5.74, 6) is -0.616. The van der Waals surface area contributed by atoms with E-state index in [-0.39, 0.29) is 17.0 Å². The molecule has 6 heteroatoms. The zero-order valence-corrected chi connectivity index (χ0v) is 16.8. The fraction of sp³-hybridized carbons (Fsp3) is 0.208. The summed E-state index contributed by atoms with van der Waals surface area (Å²) in [6.07, 6.45) is 3.19. The summed E-state index contributed by atoms with van der Waals surface area (Å²) in [7, 11) is 0. The van der Waals surface area contributed by atoms with Crippen molar-refractivity contribution in [2.24, 2.45) is 0 Å². The monoisotopic (exact) mass is 401 g/mol. The van der Waals surface area contributed by atoms with Gasteiger partial charge in [-0.05, 0) is 54.7 Å². The number of amides is 2. The van der Waals surface area contributed by atoms with Gasteiger partial charge < -0.3 is 15.2 Å². The molecule has 2 aromatic carbocycles. The maximum atomic E-state index is 13.0. The summed E-state index contributed by atoms with van der Waals surface area (Å²) < 4.78 is 1.56. The predicted octanol–water partition coefficient (Wildman–Crippen LogP) is 2.94. The summed E-state index contributed by atoms with van der Waals surface area (Å²) in [6.45, 7) is 2.85. The van der Waals surface area contributed by atoms with E-state index in [4.69, 9.17) is 0 Å². The SMILES string of the molecule is Cc1ccn(CCc2ccccc2)c(=O)c1C(=O)Nc1ccc2c(c1)C(=O)NCC2. The van der Waals surface area contributed by atoms with Crippen molar-refractivity contribution in [1.29, 1.82) is 0 Å². The van der Waals surface area contributed by atoms with Crippen LogP contribution in [0.15, 0.2) is 65.6 Å². The highest BCUT2D eigenvalue weighted by Crippen LogP contribution is 2.20. The van der Waals surface area contributed by atoms with Crippen molar-refractivity contribution in [3.8, 4) is 0 Å². The number of hydrogen-bond acceptors (Lipinski definition) is 3. The Kier molecular flexibility index (Phi) is 5.48. The topological polar surface area (TPSA) is 80.2 Å². The fourth-order valence-electron chi connectivity index (χ4n) is 3.69.